The summed E-state index contributed by atoms with van der Waals surface area (Å²) in [6.45, 7) is 9.12. The molecular formula is C31H42O6. The van der Waals surface area contributed by atoms with Crippen molar-refractivity contribution in [2.24, 2.45) is 0 Å². The normalized spacial score (nSPS) is 10.5. The molecule has 0 aliphatic rings. The zero-order chi connectivity index (χ0) is 26.7. The largest absolute Gasteiger partial charge is 0.494 e. The van der Waals surface area contributed by atoms with E-state index in [1.807, 2.05) is 12.1 Å². The van der Waals surface area contributed by atoms with Crippen molar-refractivity contribution in [1.29, 1.82) is 0 Å². The molecule has 6 nitrogen and oxygen atoms in total. The van der Waals surface area contributed by atoms with Crippen molar-refractivity contribution in [3.05, 3.63) is 66.2 Å². The molecule has 0 atom stereocenters. The highest BCUT2D eigenvalue weighted by Gasteiger charge is 2.09. The zero-order valence-electron chi connectivity index (χ0n) is 22.5. The van der Waals surface area contributed by atoms with Crippen molar-refractivity contribution in [2.45, 2.75) is 78.1 Å². The molecule has 0 bridgehead atoms. The van der Waals surface area contributed by atoms with Crippen LogP contribution in [0.1, 0.15) is 88.4 Å². The molecule has 6 heteroatoms. The molecule has 2 aromatic rings. The molecule has 0 fully saturated rings. The fourth-order valence-electron chi connectivity index (χ4n) is 3.57. The van der Waals surface area contributed by atoms with Crippen LogP contribution in [0.5, 0.6) is 17.2 Å². The predicted octanol–water partition coefficient (Wildman–Crippen LogP) is 7.70. The Labute approximate surface area is 222 Å². The van der Waals surface area contributed by atoms with Gasteiger partial charge in [0.25, 0.3) is 0 Å². The number of esters is 2. The molecule has 0 saturated heterocycles. The van der Waals surface area contributed by atoms with E-state index >= 15 is 0 Å². The lowest BCUT2D eigenvalue weighted by atomic mass is 10.1. The summed E-state index contributed by atoms with van der Waals surface area (Å²) in [5.74, 6) is 1.21. The maximum Gasteiger partial charge on any atom is 0.343 e. The second-order valence-electron chi connectivity index (χ2n) is 9.18. The van der Waals surface area contributed by atoms with Crippen LogP contribution in [0.4, 0.5) is 0 Å². The summed E-state index contributed by atoms with van der Waals surface area (Å²) in [5, 5.41) is 0. The SMILES string of the molecule is C=C(C)C(=O)OCCCCCCOc1ccc(C(=O)Oc2ccc(OCCCCCCCC)cc2)cc1. The summed E-state index contributed by atoms with van der Waals surface area (Å²) in [6, 6.07) is 14.1. The minimum atomic E-state index is -0.417. The van der Waals surface area contributed by atoms with Crippen molar-refractivity contribution in [1.82, 2.24) is 0 Å². The van der Waals surface area contributed by atoms with Crippen LogP contribution in [0.2, 0.25) is 0 Å². The van der Waals surface area contributed by atoms with E-state index in [2.05, 4.69) is 13.5 Å². The Bertz CT molecular complexity index is 933. The molecule has 2 rings (SSSR count). The highest BCUT2D eigenvalue weighted by Crippen LogP contribution is 2.20. The molecule has 0 unspecified atom stereocenters. The Kier molecular flexibility index (Phi) is 14.6. The van der Waals surface area contributed by atoms with Gasteiger partial charge in [0.1, 0.15) is 17.2 Å². The summed E-state index contributed by atoms with van der Waals surface area (Å²) >= 11 is 0. The Morgan fingerprint density at radius 3 is 1.65 bits per heavy atom. The summed E-state index contributed by atoms with van der Waals surface area (Å²) in [5.41, 5.74) is 0.880. The van der Waals surface area contributed by atoms with Crippen molar-refractivity contribution in [2.75, 3.05) is 19.8 Å². The van der Waals surface area contributed by atoms with Gasteiger partial charge in [0.2, 0.25) is 0 Å². The van der Waals surface area contributed by atoms with Crippen LogP contribution in [-0.2, 0) is 9.53 Å². The highest BCUT2D eigenvalue weighted by atomic mass is 16.5. The molecule has 0 aliphatic carbocycles. The number of benzene rings is 2. The van der Waals surface area contributed by atoms with Crippen LogP contribution < -0.4 is 14.2 Å². The number of carbonyl (C=O) groups is 2. The molecular weight excluding hydrogens is 468 g/mol. The van der Waals surface area contributed by atoms with Crippen LogP contribution in [0.25, 0.3) is 0 Å². The van der Waals surface area contributed by atoms with Gasteiger partial charge in [-0.1, -0.05) is 45.6 Å². The zero-order valence-corrected chi connectivity index (χ0v) is 22.5. The number of rotatable bonds is 19. The van der Waals surface area contributed by atoms with Crippen molar-refractivity contribution in [3.63, 3.8) is 0 Å². The Hall–Kier alpha value is -3.28. The minimum absolute atomic E-state index is 0.336. The van der Waals surface area contributed by atoms with E-state index in [1.54, 1.807) is 43.3 Å². The average Bonchev–Trinajstić information content (AvgIpc) is 2.90. The van der Waals surface area contributed by atoms with Crippen LogP contribution in [0, 0.1) is 0 Å². The third-order valence-electron chi connectivity index (χ3n) is 5.78. The third-order valence-corrected chi connectivity index (χ3v) is 5.78. The maximum absolute atomic E-state index is 12.5. The van der Waals surface area contributed by atoms with Gasteiger partial charge in [-0.15, -0.1) is 0 Å². The van der Waals surface area contributed by atoms with Gasteiger partial charge in [0.05, 0.1) is 25.4 Å². The first-order chi connectivity index (χ1) is 18.0. The second kappa shape index (κ2) is 18.0. The summed E-state index contributed by atoms with van der Waals surface area (Å²) in [4.78, 5) is 23.8. The van der Waals surface area contributed by atoms with E-state index in [4.69, 9.17) is 18.9 Å². The van der Waals surface area contributed by atoms with Crippen molar-refractivity contribution >= 4 is 11.9 Å². The quantitative estimate of drug-likeness (QED) is 0.0834. The van der Waals surface area contributed by atoms with Crippen LogP contribution >= 0.6 is 0 Å². The fraction of sp³-hybridized carbons (Fsp3) is 0.484. The summed E-state index contributed by atoms with van der Waals surface area (Å²) in [6.07, 6.45) is 11.0. The number of ether oxygens (including phenoxy) is 4. The van der Waals surface area contributed by atoms with E-state index in [-0.39, 0.29) is 5.97 Å². The van der Waals surface area contributed by atoms with Gasteiger partial charge in [-0.25, -0.2) is 9.59 Å². The number of unbranched alkanes of at least 4 members (excludes halogenated alkanes) is 8. The lowest BCUT2D eigenvalue weighted by Crippen LogP contribution is -2.08. The number of hydrogen-bond acceptors (Lipinski definition) is 6. The van der Waals surface area contributed by atoms with Gasteiger partial charge in [-0.05, 0) is 87.6 Å². The molecule has 2 aromatic carbocycles. The maximum atomic E-state index is 12.5. The van der Waals surface area contributed by atoms with E-state index < -0.39 is 5.97 Å². The molecule has 202 valence electrons. The van der Waals surface area contributed by atoms with Gasteiger partial charge in [0, 0.05) is 5.57 Å². The van der Waals surface area contributed by atoms with Gasteiger partial charge >= 0.3 is 11.9 Å². The minimum Gasteiger partial charge on any atom is -0.494 e. The molecule has 0 aliphatic heterocycles. The highest BCUT2D eigenvalue weighted by molar-refractivity contribution is 5.91. The molecule has 0 saturated carbocycles. The third kappa shape index (κ3) is 13.0. The van der Waals surface area contributed by atoms with Gasteiger partial charge in [0.15, 0.2) is 0 Å². The molecule has 0 amide bonds. The van der Waals surface area contributed by atoms with Gasteiger partial charge in [-0.2, -0.15) is 0 Å². The molecule has 0 radical (unpaired) electrons. The number of carbonyl (C=O) groups excluding carboxylic acids is 2. The lowest BCUT2D eigenvalue weighted by molar-refractivity contribution is -0.139. The summed E-state index contributed by atoms with van der Waals surface area (Å²) in [7, 11) is 0. The number of hydrogen-bond donors (Lipinski definition) is 0. The van der Waals surface area contributed by atoms with Crippen LogP contribution in [0.3, 0.4) is 0 Å². The van der Waals surface area contributed by atoms with Gasteiger partial charge in [-0.3, -0.25) is 0 Å². The molecule has 0 heterocycles. The predicted molar refractivity (Wildman–Crippen MR) is 146 cm³/mol. The summed E-state index contributed by atoms with van der Waals surface area (Å²) < 4.78 is 22.1. The topological polar surface area (TPSA) is 71.1 Å². The first-order valence-electron chi connectivity index (χ1n) is 13.5. The smallest absolute Gasteiger partial charge is 0.343 e. The van der Waals surface area contributed by atoms with Crippen LogP contribution in [-0.4, -0.2) is 31.8 Å². The monoisotopic (exact) mass is 510 g/mol. The van der Waals surface area contributed by atoms with Gasteiger partial charge < -0.3 is 18.9 Å². The molecule has 0 spiro atoms. The van der Waals surface area contributed by atoms with Crippen molar-refractivity contribution < 1.29 is 28.5 Å². The first kappa shape index (κ1) is 29.9. The Balaban J connectivity index is 1.60. The molecule has 37 heavy (non-hydrogen) atoms. The standard InChI is InChI=1S/C31H42O6/c1-4-5-6-7-8-11-22-35-28-18-20-29(21-19-28)37-31(33)26-14-16-27(17-15-26)34-23-12-9-10-13-24-36-30(32)25(2)3/h14-21H,2,4-13,22-24H2,1,3H3. The second-order valence-corrected chi connectivity index (χ2v) is 9.18. The molecule has 0 aromatic heterocycles. The van der Waals surface area contributed by atoms with E-state index in [0.717, 1.165) is 37.9 Å². The Morgan fingerprint density at radius 1 is 0.649 bits per heavy atom. The van der Waals surface area contributed by atoms with E-state index in [0.29, 0.717) is 42.5 Å². The average molecular weight is 511 g/mol. The fourth-order valence-corrected chi connectivity index (χ4v) is 3.57. The Morgan fingerprint density at radius 2 is 1.11 bits per heavy atom. The lowest BCUT2D eigenvalue weighted by Gasteiger charge is -2.09. The van der Waals surface area contributed by atoms with Crippen LogP contribution in [0.15, 0.2) is 60.7 Å². The van der Waals surface area contributed by atoms with E-state index in [1.165, 1.54) is 32.1 Å². The first-order valence-corrected chi connectivity index (χ1v) is 13.5. The molecule has 0 N–H and O–H groups in total. The van der Waals surface area contributed by atoms with E-state index in [9.17, 15) is 9.59 Å². The van der Waals surface area contributed by atoms with Crippen molar-refractivity contribution in [3.8, 4) is 17.2 Å².